The van der Waals surface area contributed by atoms with Crippen molar-refractivity contribution in [1.82, 2.24) is 9.97 Å². The Bertz CT molecular complexity index is 424. The summed E-state index contributed by atoms with van der Waals surface area (Å²) in [4.78, 5) is 8.75. The third-order valence-corrected chi connectivity index (χ3v) is 4.14. The Balaban J connectivity index is 1.96. The Hall–Kier alpha value is -1.36. The van der Waals surface area contributed by atoms with E-state index in [1.165, 1.54) is 19.3 Å². The van der Waals surface area contributed by atoms with Crippen LogP contribution in [0.15, 0.2) is 6.20 Å². The molecule has 112 valence electrons. The van der Waals surface area contributed by atoms with Crippen molar-refractivity contribution >= 4 is 11.8 Å². The first-order valence-electron chi connectivity index (χ1n) is 7.66. The predicted octanol–water partition coefficient (Wildman–Crippen LogP) is 2.43. The molecule has 0 saturated heterocycles. The second-order valence-corrected chi connectivity index (χ2v) is 5.62. The van der Waals surface area contributed by atoms with Crippen LogP contribution in [0.1, 0.15) is 38.2 Å². The maximum atomic E-state index is 9.46. The Morgan fingerprint density at radius 2 is 2.00 bits per heavy atom. The number of hydrogen-bond donors (Lipinski definition) is 3. The van der Waals surface area contributed by atoms with Gasteiger partial charge in [-0.05, 0) is 38.5 Å². The van der Waals surface area contributed by atoms with Crippen LogP contribution in [0.5, 0.6) is 0 Å². The number of nitrogens with zero attached hydrogens (tertiary/aromatic N) is 2. The van der Waals surface area contributed by atoms with E-state index >= 15 is 0 Å². The maximum absolute atomic E-state index is 9.46. The fraction of sp³-hybridized carbons (Fsp3) is 0.733. The van der Waals surface area contributed by atoms with E-state index < -0.39 is 0 Å². The lowest BCUT2D eigenvalue weighted by molar-refractivity contribution is 0.141. The van der Waals surface area contributed by atoms with Gasteiger partial charge >= 0.3 is 0 Å². The van der Waals surface area contributed by atoms with Crippen molar-refractivity contribution in [2.24, 2.45) is 11.8 Å². The first-order chi connectivity index (χ1) is 9.74. The number of nitrogens with one attached hydrogen (secondary N) is 2. The molecular weight excluding hydrogens is 252 g/mol. The minimum absolute atomic E-state index is 0.303. The van der Waals surface area contributed by atoms with Gasteiger partial charge in [0.25, 0.3) is 0 Å². The van der Waals surface area contributed by atoms with Crippen molar-refractivity contribution in [3.05, 3.63) is 11.8 Å². The molecule has 1 aliphatic carbocycles. The molecule has 0 spiro atoms. The molecule has 2 atom stereocenters. The summed E-state index contributed by atoms with van der Waals surface area (Å²) < 4.78 is 0. The molecule has 1 fully saturated rings. The quantitative estimate of drug-likeness (QED) is 0.745. The largest absolute Gasteiger partial charge is 0.396 e. The van der Waals surface area contributed by atoms with Crippen LogP contribution in [0, 0.1) is 18.8 Å². The molecule has 0 radical (unpaired) electrons. The van der Waals surface area contributed by atoms with Crippen LogP contribution < -0.4 is 10.6 Å². The highest BCUT2D eigenvalue weighted by Gasteiger charge is 2.24. The highest BCUT2D eigenvalue weighted by molar-refractivity contribution is 5.46. The molecule has 0 aromatic carbocycles. The predicted molar refractivity (Wildman–Crippen MR) is 82.0 cm³/mol. The summed E-state index contributed by atoms with van der Waals surface area (Å²) in [6, 6.07) is 0. The number of rotatable bonds is 6. The molecule has 2 rings (SSSR count). The van der Waals surface area contributed by atoms with Crippen molar-refractivity contribution < 1.29 is 5.11 Å². The standard InChI is InChI=1S/C15H26N4O/c1-3-16-15-18-8-11(2)14(19-15)17-9-12-6-4-5-7-13(12)10-20/h8,12-13,20H,3-7,9-10H2,1-2H3,(H2,16,17,18,19). The van der Waals surface area contributed by atoms with E-state index in [4.69, 9.17) is 0 Å². The van der Waals surface area contributed by atoms with Gasteiger partial charge in [0.2, 0.25) is 5.95 Å². The SMILES string of the molecule is CCNc1ncc(C)c(NCC2CCCCC2CO)n1. The second kappa shape index (κ2) is 7.43. The molecule has 5 heteroatoms. The minimum atomic E-state index is 0.303. The molecule has 5 nitrogen and oxygen atoms in total. The van der Waals surface area contributed by atoms with Crippen LogP contribution >= 0.6 is 0 Å². The number of hydrogen-bond acceptors (Lipinski definition) is 5. The van der Waals surface area contributed by atoms with Gasteiger partial charge < -0.3 is 15.7 Å². The highest BCUT2D eigenvalue weighted by Crippen LogP contribution is 2.30. The molecule has 1 aromatic rings. The fourth-order valence-electron chi connectivity index (χ4n) is 2.89. The zero-order valence-corrected chi connectivity index (χ0v) is 12.5. The molecular formula is C15H26N4O. The molecule has 1 heterocycles. The van der Waals surface area contributed by atoms with Crippen molar-refractivity contribution in [2.75, 3.05) is 30.3 Å². The lowest BCUT2D eigenvalue weighted by Crippen LogP contribution is -2.29. The molecule has 1 aliphatic rings. The van der Waals surface area contributed by atoms with Gasteiger partial charge in [-0.3, -0.25) is 0 Å². The van der Waals surface area contributed by atoms with E-state index in [-0.39, 0.29) is 0 Å². The Labute approximate surface area is 121 Å². The zero-order valence-electron chi connectivity index (χ0n) is 12.5. The first-order valence-corrected chi connectivity index (χ1v) is 7.66. The lowest BCUT2D eigenvalue weighted by atomic mass is 9.79. The van der Waals surface area contributed by atoms with E-state index in [1.807, 2.05) is 20.0 Å². The Morgan fingerprint density at radius 1 is 1.25 bits per heavy atom. The van der Waals surface area contributed by atoms with Crippen LogP contribution in [-0.4, -0.2) is 34.8 Å². The average Bonchev–Trinajstić information content (AvgIpc) is 2.48. The molecule has 1 aromatic heterocycles. The summed E-state index contributed by atoms with van der Waals surface area (Å²) in [6.07, 6.45) is 6.71. The number of aliphatic hydroxyl groups is 1. The fourth-order valence-corrected chi connectivity index (χ4v) is 2.89. The molecule has 2 unspecified atom stereocenters. The van der Waals surface area contributed by atoms with E-state index in [0.29, 0.717) is 24.4 Å². The van der Waals surface area contributed by atoms with Crippen LogP contribution in [0.2, 0.25) is 0 Å². The van der Waals surface area contributed by atoms with Crippen LogP contribution in [-0.2, 0) is 0 Å². The van der Waals surface area contributed by atoms with Crippen molar-refractivity contribution in [2.45, 2.75) is 39.5 Å². The van der Waals surface area contributed by atoms with Crippen LogP contribution in [0.3, 0.4) is 0 Å². The normalized spacial score (nSPS) is 22.6. The van der Waals surface area contributed by atoms with Gasteiger partial charge in [-0.15, -0.1) is 0 Å². The average molecular weight is 278 g/mol. The Morgan fingerprint density at radius 3 is 2.70 bits per heavy atom. The summed E-state index contributed by atoms with van der Waals surface area (Å²) >= 11 is 0. The lowest BCUT2D eigenvalue weighted by Gasteiger charge is -2.30. The third-order valence-electron chi connectivity index (χ3n) is 4.14. The van der Waals surface area contributed by atoms with E-state index in [9.17, 15) is 5.11 Å². The number of aliphatic hydroxyl groups excluding tert-OH is 1. The van der Waals surface area contributed by atoms with Crippen LogP contribution in [0.4, 0.5) is 11.8 Å². The summed E-state index contributed by atoms with van der Waals surface area (Å²) in [5.41, 5.74) is 1.06. The van der Waals surface area contributed by atoms with Gasteiger partial charge in [0, 0.05) is 31.5 Å². The molecule has 0 bridgehead atoms. The molecule has 20 heavy (non-hydrogen) atoms. The molecule has 3 N–H and O–H groups in total. The number of anilines is 2. The van der Waals surface area contributed by atoms with Gasteiger partial charge in [-0.1, -0.05) is 12.8 Å². The van der Waals surface area contributed by atoms with Crippen molar-refractivity contribution in [1.29, 1.82) is 0 Å². The Kier molecular flexibility index (Phi) is 5.59. The monoisotopic (exact) mass is 278 g/mol. The molecule has 0 aliphatic heterocycles. The summed E-state index contributed by atoms with van der Waals surface area (Å²) in [7, 11) is 0. The van der Waals surface area contributed by atoms with Gasteiger partial charge in [0.15, 0.2) is 0 Å². The van der Waals surface area contributed by atoms with Crippen molar-refractivity contribution in [3.8, 4) is 0 Å². The highest BCUT2D eigenvalue weighted by atomic mass is 16.3. The zero-order chi connectivity index (χ0) is 14.4. The topological polar surface area (TPSA) is 70.1 Å². The molecule has 0 amide bonds. The van der Waals surface area contributed by atoms with E-state index in [1.54, 1.807) is 0 Å². The van der Waals surface area contributed by atoms with Crippen LogP contribution in [0.25, 0.3) is 0 Å². The summed E-state index contributed by atoms with van der Waals surface area (Å²) in [5.74, 6) is 2.55. The van der Waals surface area contributed by atoms with E-state index in [0.717, 1.165) is 30.9 Å². The van der Waals surface area contributed by atoms with Crippen molar-refractivity contribution in [3.63, 3.8) is 0 Å². The summed E-state index contributed by atoms with van der Waals surface area (Å²) in [6.45, 7) is 6.05. The first kappa shape index (κ1) is 15.0. The maximum Gasteiger partial charge on any atom is 0.224 e. The van der Waals surface area contributed by atoms with E-state index in [2.05, 4.69) is 20.6 Å². The number of aryl methyl sites for hydroxylation is 1. The van der Waals surface area contributed by atoms with Gasteiger partial charge in [-0.25, -0.2) is 4.98 Å². The minimum Gasteiger partial charge on any atom is -0.396 e. The number of aromatic nitrogens is 2. The summed E-state index contributed by atoms with van der Waals surface area (Å²) in [5, 5.41) is 16.0. The van der Waals surface area contributed by atoms with Gasteiger partial charge in [0.1, 0.15) is 5.82 Å². The van der Waals surface area contributed by atoms with Gasteiger partial charge in [0.05, 0.1) is 0 Å². The van der Waals surface area contributed by atoms with Gasteiger partial charge in [-0.2, -0.15) is 4.98 Å². The smallest absolute Gasteiger partial charge is 0.224 e. The second-order valence-electron chi connectivity index (χ2n) is 5.62. The third kappa shape index (κ3) is 3.82. The molecule has 1 saturated carbocycles.